The molecule has 0 aliphatic carbocycles. The Labute approximate surface area is 229 Å². The number of likely N-dealkylation sites (tertiary alicyclic amines) is 1. The highest BCUT2D eigenvalue weighted by molar-refractivity contribution is 5.94. The van der Waals surface area contributed by atoms with Gasteiger partial charge in [-0.3, -0.25) is 9.48 Å². The van der Waals surface area contributed by atoms with Crippen LogP contribution in [-0.2, 0) is 11.3 Å². The maximum atomic E-state index is 13.7. The number of aromatic nitrogens is 2. The molecule has 206 valence electrons. The third-order valence-electron chi connectivity index (χ3n) is 6.77. The monoisotopic (exact) mass is 532 g/mol. The van der Waals surface area contributed by atoms with Gasteiger partial charge in [-0.15, -0.1) is 0 Å². The topological polar surface area (TPSA) is 76.5 Å². The first-order valence-electron chi connectivity index (χ1n) is 13.4. The summed E-state index contributed by atoms with van der Waals surface area (Å²) in [6.07, 6.45) is 4.41. The van der Waals surface area contributed by atoms with Gasteiger partial charge in [0.2, 0.25) is 0 Å². The summed E-state index contributed by atoms with van der Waals surface area (Å²) in [5.41, 5.74) is 5.16. The normalized spacial score (nSPS) is 14.6. The molecule has 3 aromatic rings. The molecular weight excluding hydrogens is 495 g/mol. The molecule has 1 atom stereocenters. The zero-order valence-corrected chi connectivity index (χ0v) is 23.3. The Kier molecular flexibility index (Phi) is 8.53. The van der Waals surface area contributed by atoms with Crippen LogP contribution in [0.3, 0.4) is 0 Å². The first kappa shape index (κ1) is 28.1. The number of hydrogen-bond acceptors (Lipinski definition) is 4. The number of carbonyl (C=O) groups is 2. The molecular formula is C31H37FN4O3. The van der Waals surface area contributed by atoms with Crippen LogP contribution in [0.15, 0.2) is 66.5 Å². The Bertz CT molecular complexity index is 1330. The lowest BCUT2D eigenvalue weighted by Gasteiger charge is -2.32. The summed E-state index contributed by atoms with van der Waals surface area (Å²) in [6.45, 7) is 11.3. The molecule has 0 bridgehead atoms. The van der Waals surface area contributed by atoms with Gasteiger partial charge in [0.1, 0.15) is 11.4 Å². The van der Waals surface area contributed by atoms with E-state index in [0.717, 1.165) is 22.3 Å². The van der Waals surface area contributed by atoms with E-state index >= 15 is 0 Å². The first-order chi connectivity index (χ1) is 18.5. The molecule has 0 saturated carbocycles. The molecule has 0 spiro atoms. The number of ether oxygens (including phenoxy) is 1. The van der Waals surface area contributed by atoms with E-state index in [9.17, 15) is 14.0 Å². The van der Waals surface area contributed by atoms with Crippen molar-refractivity contribution in [1.29, 1.82) is 0 Å². The molecule has 1 aliphatic rings. The van der Waals surface area contributed by atoms with Crippen molar-refractivity contribution in [1.82, 2.24) is 20.0 Å². The second-order valence-corrected chi connectivity index (χ2v) is 10.9. The first-order valence-corrected chi connectivity index (χ1v) is 13.4. The molecule has 39 heavy (non-hydrogen) atoms. The van der Waals surface area contributed by atoms with E-state index in [1.165, 1.54) is 17.7 Å². The molecule has 4 rings (SSSR count). The second-order valence-electron chi connectivity index (χ2n) is 10.9. The highest BCUT2D eigenvalue weighted by Crippen LogP contribution is 2.33. The third-order valence-corrected chi connectivity index (χ3v) is 6.77. The number of nitrogens with zero attached hydrogens (tertiary/aromatic N) is 3. The van der Waals surface area contributed by atoms with Crippen LogP contribution in [0.4, 0.5) is 9.18 Å². The van der Waals surface area contributed by atoms with E-state index in [1.807, 2.05) is 58.9 Å². The minimum atomic E-state index is -0.539. The minimum absolute atomic E-state index is 0.169. The molecule has 1 fully saturated rings. The van der Waals surface area contributed by atoms with E-state index in [0.29, 0.717) is 38.0 Å². The third kappa shape index (κ3) is 7.13. The van der Waals surface area contributed by atoms with E-state index in [4.69, 9.17) is 4.74 Å². The van der Waals surface area contributed by atoms with Crippen LogP contribution in [0, 0.1) is 5.82 Å². The number of aryl methyl sites for hydroxylation is 1. The van der Waals surface area contributed by atoms with Gasteiger partial charge in [-0.05, 0) is 81.9 Å². The molecule has 8 heteroatoms. The lowest BCUT2D eigenvalue weighted by molar-refractivity contribution is 0.0236. The summed E-state index contributed by atoms with van der Waals surface area (Å²) < 4.78 is 21.0. The second kappa shape index (κ2) is 11.8. The fraction of sp³-hybridized carbons (Fsp3) is 0.387. The van der Waals surface area contributed by atoms with Crippen LogP contribution in [0.5, 0.6) is 0 Å². The fourth-order valence-corrected chi connectivity index (χ4v) is 4.68. The molecule has 7 nitrogen and oxygen atoms in total. The Balaban J connectivity index is 1.54. The van der Waals surface area contributed by atoms with Crippen molar-refractivity contribution < 1.29 is 18.7 Å². The highest BCUT2D eigenvalue weighted by atomic mass is 19.1. The Hall–Kier alpha value is -3.94. The van der Waals surface area contributed by atoms with Gasteiger partial charge in [0.25, 0.3) is 5.91 Å². The summed E-state index contributed by atoms with van der Waals surface area (Å²) in [6, 6.07) is 14.4. The van der Waals surface area contributed by atoms with Crippen molar-refractivity contribution >= 4 is 17.6 Å². The molecule has 2 heterocycles. The van der Waals surface area contributed by atoms with Gasteiger partial charge in [-0.1, -0.05) is 42.0 Å². The largest absolute Gasteiger partial charge is 0.444 e. The van der Waals surface area contributed by atoms with Gasteiger partial charge in [0, 0.05) is 25.8 Å². The lowest BCUT2D eigenvalue weighted by Crippen LogP contribution is -2.40. The van der Waals surface area contributed by atoms with Crippen LogP contribution in [0.25, 0.3) is 5.57 Å². The predicted octanol–water partition coefficient (Wildman–Crippen LogP) is 6.37. The number of benzene rings is 2. The molecule has 1 N–H and O–H groups in total. The van der Waals surface area contributed by atoms with Crippen molar-refractivity contribution in [2.24, 2.45) is 0 Å². The zero-order valence-electron chi connectivity index (χ0n) is 23.3. The van der Waals surface area contributed by atoms with Crippen molar-refractivity contribution in [2.45, 2.75) is 65.6 Å². The molecule has 2 aromatic carbocycles. The summed E-state index contributed by atoms with van der Waals surface area (Å²) in [5.74, 6) is -0.454. The van der Waals surface area contributed by atoms with Crippen LogP contribution >= 0.6 is 0 Å². The fourth-order valence-electron chi connectivity index (χ4n) is 4.68. The molecule has 1 aliphatic heterocycles. The van der Waals surface area contributed by atoms with Gasteiger partial charge in [0.15, 0.2) is 0 Å². The number of carbonyl (C=O) groups excluding carboxylic acids is 2. The number of hydrogen-bond donors (Lipinski definition) is 1. The Morgan fingerprint density at radius 2 is 1.59 bits per heavy atom. The average molecular weight is 533 g/mol. The highest BCUT2D eigenvalue weighted by Gasteiger charge is 2.26. The maximum Gasteiger partial charge on any atom is 0.410 e. The summed E-state index contributed by atoms with van der Waals surface area (Å²) in [5, 5.41) is 7.21. The van der Waals surface area contributed by atoms with E-state index in [-0.39, 0.29) is 23.9 Å². The summed E-state index contributed by atoms with van der Waals surface area (Å²) in [4.78, 5) is 27.0. The zero-order chi connectivity index (χ0) is 28.2. The van der Waals surface area contributed by atoms with Gasteiger partial charge in [-0.25, -0.2) is 9.18 Å². The number of nitrogens with one attached hydrogen (secondary N) is 1. The van der Waals surface area contributed by atoms with E-state index in [2.05, 4.69) is 10.4 Å². The SMILES string of the molecule is CCn1cc(C(=O)N[C@H](C)c2ccc(C(=C3CCN(C(=O)OC(C)(C)C)CC3)c3ccc(F)cc3)cc2)cn1. The lowest BCUT2D eigenvalue weighted by atomic mass is 9.88. The number of halogens is 1. The van der Waals surface area contributed by atoms with E-state index < -0.39 is 5.60 Å². The van der Waals surface area contributed by atoms with Crippen molar-refractivity contribution in [3.63, 3.8) is 0 Å². The number of rotatable bonds is 6. The average Bonchev–Trinajstić information content (AvgIpc) is 3.39. The van der Waals surface area contributed by atoms with Gasteiger partial charge < -0.3 is 15.0 Å². The van der Waals surface area contributed by atoms with E-state index in [1.54, 1.807) is 34.1 Å². The summed E-state index contributed by atoms with van der Waals surface area (Å²) in [7, 11) is 0. The van der Waals surface area contributed by atoms with Crippen LogP contribution in [-0.4, -0.2) is 45.4 Å². The van der Waals surface area contributed by atoms with Crippen molar-refractivity contribution in [3.8, 4) is 0 Å². The van der Waals surface area contributed by atoms with Gasteiger partial charge >= 0.3 is 6.09 Å². The van der Waals surface area contributed by atoms with Crippen molar-refractivity contribution in [3.05, 3.63) is 94.6 Å². The van der Waals surface area contributed by atoms with Crippen LogP contribution in [0.2, 0.25) is 0 Å². The number of piperidine rings is 1. The van der Waals surface area contributed by atoms with Crippen LogP contribution < -0.4 is 5.32 Å². The molecule has 0 unspecified atom stereocenters. The van der Waals surface area contributed by atoms with Gasteiger partial charge in [-0.2, -0.15) is 5.10 Å². The number of amides is 2. The Morgan fingerprint density at radius 1 is 1.00 bits per heavy atom. The smallest absolute Gasteiger partial charge is 0.410 e. The van der Waals surface area contributed by atoms with Crippen molar-refractivity contribution in [2.75, 3.05) is 13.1 Å². The molecule has 2 amide bonds. The Morgan fingerprint density at radius 3 is 2.13 bits per heavy atom. The molecule has 0 radical (unpaired) electrons. The van der Waals surface area contributed by atoms with Crippen LogP contribution in [0.1, 0.15) is 80.6 Å². The maximum absolute atomic E-state index is 13.7. The predicted molar refractivity (Wildman–Crippen MR) is 150 cm³/mol. The molecule has 1 saturated heterocycles. The standard InChI is InChI=1S/C31H37FN4O3/c1-6-36-20-26(19-33-36)29(37)34-21(2)22-7-9-23(10-8-22)28(24-11-13-27(32)14-12-24)25-15-17-35(18-16-25)30(38)39-31(3,4)5/h7-14,19-21H,6,15-18H2,1-5H3,(H,34,37)/t21-/m1/s1. The minimum Gasteiger partial charge on any atom is -0.444 e. The summed E-state index contributed by atoms with van der Waals surface area (Å²) >= 11 is 0. The molecule has 1 aromatic heterocycles. The van der Waals surface area contributed by atoms with Gasteiger partial charge in [0.05, 0.1) is 17.8 Å². The quantitative estimate of drug-likeness (QED) is 0.401.